The summed E-state index contributed by atoms with van der Waals surface area (Å²) in [5.41, 5.74) is 21.3. The van der Waals surface area contributed by atoms with E-state index in [-0.39, 0.29) is 0 Å². The van der Waals surface area contributed by atoms with E-state index in [9.17, 15) is 0 Å². The lowest BCUT2D eigenvalue weighted by Gasteiger charge is -2.26. The van der Waals surface area contributed by atoms with Gasteiger partial charge in [-0.15, -0.1) is 0 Å². The largest absolute Gasteiger partial charge is 0.310 e. The van der Waals surface area contributed by atoms with Crippen LogP contribution in [0.4, 0.5) is 17.1 Å². The van der Waals surface area contributed by atoms with E-state index in [0.717, 1.165) is 17.1 Å². The maximum atomic E-state index is 2.42. The predicted molar refractivity (Wildman–Crippen MR) is 206 cm³/mol. The molecule has 2 aliphatic carbocycles. The summed E-state index contributed by atoms with van der Waals surface area (Å²) in [6.07, 6.45) is 0. The summed E-state index contributed by atoms with van der Waals surface area (Å²) >= 11 is 0. The molecular formula is C48H31N. The van der Waals surface area contributed by atoms with Crippen LogP contribution in [0.3, 0.4) is 0 Å². The molecule has 0 spiro atoms. The summed E-state index contributed by atoms with van der Waals surface area (Å²) < 4.78 is 0. The van der Waals surface area contributed by atoms with Crippen molar-refractivity contribution in [2.75, 3.05) is 4.90 Å². The normalized spacial score (nSPS) is 11.7. The van der Waals surface area contributed by atoms with Crippen molar-refractivity contribution in [1.29, 1.82) is 0 Å². The van der Waals surface area contributed by atoms with E-state index in [1.807, 2.05) is 0 Å². The van der Waals surface area contributed by atoms with Crippen molar-refractivity contribution in [3.63, 3.8) is 0 Å². The first-order chi connectivity index (χ1) is 24.3. The molecule has 1 nitrogen and oxygen atoms in total. The maximum Gasteiger partial charge on any atom is 0.0467 e. The average molecular weight is 622 g/mol. The standard InChI is InChI=1S/C48H31N/c1-3-12-32(13-4-1)34-14-9-17-38(30-34)49(36-15-5-2-6-16-36)37-27-24-33(25-28-37)35-26-29-40-43-21-11-22-44-45-23-10-20-42(48(45)46(40)31-35)39-18-7-8-19-41(39)47(43)44/h1-31H. The number of hydrogen-bond acceptors (Lipinski definition) is 1. The average Bonchev–Trinajstić information content (AvgIpc) is 3.28. The van der Waals surface area contributed by atoms with Crippen LogP contribution in [0.15, 0.2) is 188 Å². The molecule has 228 valence electrons. The summed E-state index contributed by atoms with van der Waals surface area (Å²) in [6.45, 7) is 0. The van der Waals surface area contributed by atoms with E-state index in [2.05, 4.69) is 193 Å². The summed E-state index contributed by atoms with van der Waals surface area (Å²) in [5.74, 6) is 0. The smallest absolute Gasteiger partial charge is 0.0467 e. The van der Waals surface area contributed by atoms with Gasteiger partial charge in [-0.2, -0.15) is 0 Å². The van der Waals surface area contributed by atoms with Crippen LogP contribution in [0.25, 0.3) is 77.9 Å². The first kappa shape index (κ1) is 27.7. The highest BCUT2D eigenvalue weighted by molar-refractivity contribution is 6.15. The molecule has 8 aromatic carbocycles. The maximum absolute atomic E-state index is 2.42. The monoisotopic (exact) mass is 621 g/mol. The van der Waals surface area contributed by atoms with Crippen LogP contribution in [0.5, 0.6) is 0 Å². The van der Waals surface area contributed by atoms with E-state index >= 15 is 0 Å². The number of benzene rings is 8. The minimum absolute atomic E-state index is 1.12. The fraction of sp³-hybridized carbons (Fsp3) is 0. The van der Waals surface area contributed by atoms with E-state index in [1.54, 1.807) is 0 Å². The molecular weight excluding hydrogens is 591 g/mol. The van der Waals surface area contributed by atoms with Crippen LogP contribution in [0.1, 0.15) is 0 Å². The van der Waals surface area contributed by atoms with E-state index in [1.165, 1.54) is 77.9 Å². The SMILES string of the molecule is c1ccc(-c2cccc(N(c3ccccc3)c3ccc(-c4ccc5c(c4)-c4c6cccc4-c4cccc-5c4-c4ccccc4-6)cc3)c2)cc1. The molecule has 6 bridgehead atoms. The molecule has 0 N–H and O–H groups in total. The van der Waals surface area contributed by atoms with Crippen molar-refractivity contribution in [1.82, 2.24) is 0 Å². The van der Waals surface area contributed by atoms with Crippen molar-refractivity contribution in [2.45, 2.75) is 0 Å². The molecule has 49 heavy (non-hydrogen) atoms. The van der Waals surface area contributed by atoms with Gasteiger partial charge in [0.1, 0.15) is 0 Å². The van der Waals surface area contributed by atoms with Crippen LogP contribution in [-0.2, 0) is 0 Å². The molecule has 0 radical (unpaired) electrons. The van der Waals surface area contributed by atoms with E-state index < -0.39 is 0 Å². The number of nitrogens with zero attached hydrogens (tertiary/aromatic N) is 1. The van der Waals surface area contributed by atoms with Gasteiger partial charge in [-0.1, -0.05) is 146 Å². The van der Waals surface area contributed by atoms with Gasteiger partial charge < -0.3 is 4.90 Å². The first-order valence-electron chi connectivity index (χ1n) is 16.9. The molecule has 0 aromatic heterocycles. The second-order valence-corrected chi connectivity index (χ2v) is 12.9. The third-order valence-electron chi connectivity index (χ3n) is 10.2. The lowest BCUT2D eigenvalue weighted by atomic mass is 9.83. The summed E-state index contributed by atoms with van der Waals surface area (Å²) in [6, 6.07) is 68.7. The van der Waals surface area contributed by atoms with Gasteiger partial charge in [0, 0.05) is 17.1 Å². The Morgan fingerprint density at radius 3 is 1.37 bits per heavy atom. The zero-order chi connectivity index (χ0) is 32.3. The number of fused-ring (bicyclic) bond motifs is 4. The Bertz CT molecular complexity index is 2510. The zero-order valence-corrected chi connectivity index (χ0v) is 26.8. The molecule has 0 fully saturated rings. The second-order valence-electron chi connectivity index (χ2n) is 12.9. The van der Waals surface area contributed by atoms with E-state index in [4.69, 9.17) is 0 Å². The molecule has 1 heteroatoms. The molecule has 0 saturated heterocycles. The van der Waals surface area contributed by atoms with Crippen LogP contribution in [-0.4, -0.2) is 0 Å². The van der Waals surface area contributed by atoms with E-state index in [0.29, 0.717) is 0 Å². The zero-order valence-electron chi connectivity index (χ0n) is 26.8. The molecule has 2 aliphatic rings. The molecule has 10 rings (SSSR count). The van der Waals surface area contributed by atoms with Crippen molar-refractivity contribution in [3.05, 3.63) is 188 Å². The van der Waals surface area contributed by atoms with Crippen LogP contribution in [0.2, 0.25) is 0 Å². The Morgan fingerprint density at radius 2 is 0.653 bits per heavy atom. The molecule has 0 atom stereocenters. The Balaban J connectivity index is 1.09. The quantitative estimate of drug-likeness (QED) is 0.185. The van der Waals surface area contributed by atoms with Crippen molar-refractivity contribution in [3.8, 4) is 77.9 Å². The van der Waals surface area contributed by atoms with Gasteiger partial charge in [-0.3, -0.25) is 0 Å². The summed E-state index contributed by atoms with van der Waals surface area (Å²) in [5, 5.41) is 0. The lowest BCUT2D eigenvalue weighted by Crippen LogP contribution is -2.09. The first-order valence-corrected chi connectivity index (χ1v) is 16.9. The Hall–Kier alpha value is -6.44. The molecule has 0 amide bonds. The minimum Gasteiger partial charge on any atom is -0.310 e. The van der Waals surface area contributed by atoms with Crippen LogP contribution < -0.4 is 4.90 Å². The number of hydrogen-bond donors (Lipinski definition) is 0. The van der Waals surface area contributed by atoms with Gasteiger partial charge in [0.25, 0.3) is 0 Å². The van der Waals surface area contributed by atoms with Gasteiger partial charge >= 0.3 is 0 Å². The van der Waals surface area contributed by atoms with Crippen molar-refractivity contribution < 1.29 is 0 Å². The van der Waals surface area contributed by atoms with Gasteiger partial charge in [-0.05, 0) is 120 Å². The fourth-order valence-corrected chi connectivity index (χ4v) is 7.97. The molecule has 8 aromatic rings. The fourth-order valence-electron chi connectivity index (χ4n) is 7.97. The Kier molecular flexibility index (Phi) is 6.25. The topological polar surface area (TPSA) is 3.24 Å². The van der Waals surface area contributed by atoms with Crippen molar-refractivity contribution >= 4 is 17.1 Å². The summed E-state index contributed by atoms with van der Waals surface area (Å²) in [4.78, 5) is 2.34. The minimum atomic E-state index is 1.12. The molecule has 0 saturated carbocycles. The predicted octanol–water partition coefficient (Wildman–Crippen LogP) is 13.5. The third kappa shape index (κ3) is 4.40. The Morgan fingerprint density at radius 1 is 0.224 bits per heavy atom. The number of para-hydroxylation sites is 1. The molecule has 0 aliphatic heterocycles. The number of rotatable bonds is 5. The van der Waals surface area contributed by atoms with Crippen molar-refractivity contribution in [2.24, 2.45) is 0 Å². The Labute approximate surface area is 287 Å². The highest BCUT2D eigenvalue weighted by Crippen LogP contribution is 2.57. The molecule has 0 unspecified atom stereocenters. The molecule has 0 heterocycles. The van der Waals surface area contributed by atoms with Gasteiger partial charge in [0.15, 0.2) is 0 Å². The highest BCUT2D eigenvalue weighted by Gasteiger charge is 2.30. The summed E-state index contributed by atoms with van der Waals surface area (Å²) in [7, 11) is 0. The lowest BCUT2D eigenvalue weighted by molar-refractivity contribution is 1.28. The number of anilines is 3. The van der Waals surface area contributed by atoms with Gasteiger partial charge in [-0.25, -0.2) is 0 Å². The van der Waals surface area contributed by atoms with Crippen LogP contribution >= 0.6 is 0 Å². The second kappa shape index (κ2) is 11.1. The highest BCUT2D eigenvalue weighted by atomic mass is 15.1. The van der Waals surface area contributed by atoms with Gasteiger partial charge in [0.05, 0.1) is 0 Å². The van der Waals surface area contributed by atoms with Gasteiger partial charge in [0.2, 0.25) is 0 Å². The van der Waals surface area contributed by atoms with Crippen LogP contribution in [0, 0.1) is 0 Å². The third-order valence-corrected chi connectivity index (χ3v) is 10.2.